The number of amides is 1. The van der Waals surface area contributed by atoms with Gasteiger partial charge >= 0.3 is 0 Å². The summed E-state index contributed by atoms with van der Waals surface area (Å²) in [4.78, 5) is 12.4. The standard InChI is InChI=1S/C20H21N3O5S/c1-12(18(24)21-14-8-6-5-7-9-14)29-20-23-22-19(28-20)13-10-15(25-2)17(27-4)16(11-13)26-3/h5-12H,1-4H3,(H,21,24)/t12-/m0/s1. The molecule has 3 aromatic rings. The quantitative estimate of drug-likeness (QED) is 0.554. The van der Waals surface area contributed by atoms with Crippen LogP contribution in [0.5, 0.6) is 17.2 Å². The summed E-state index contributed by atoms with van der Waals surface area (Å²) >= 11 is 1.17. The number of anilines is 1. The minimum absolute atomic E-state index is 0.159. The fourth-order valence-corrected chi connectivity index (χ4v) is 3.23. The van der Waals surface area contributed by atoms with Crippen molar-refractivity contribution in [2.45, 2.75) is 17.4 Å². The Morgan fingerprint density at radius 1 is 1.03 bits per heavy atom. The third-order valence-corrected chi connectivity index (χ3v) is 4.94. The molecule has 0 saturated carbocycles. The molecule has 0 aliphatic heterocycles. The Morgan fingerprint density at radius 3 is 2.28 bits per heavy atom. The largest absolute Gasteiger partial charge is 0.493 e. The first-order chi connectivity index (χ1) is 14.0. The second-order valence-corrected chi connectivity index (χ2v) is 7.19. The van der Waals surface area contributed by atoms with Gasteiger partial charge in [-0.1, -0.05) is 30.0 Å². The van der Waals surface area contributed by atoms with Gasteiger partial charge in [0.25, 0.3) is 5.22 Å². The van der Waals surface area contributed by atoms with Crippen LogP contribution in [-0.4, -0.2) is 42.7 Å². The molecule has 1 N–H and O–H groups in total. The average Bonchev–Trinajstić information content (AvgIpc) is 3.21. The Balaban J connectivity index is 1.74. The lowest BCUT2D eigenvalue weighted by atomic mass is 10.2. The van der Waals surface area contributed by atoms with Crippen LogP contribution in [0.1, 0.15) is 6.92 Å². The van der Waals surface area contributed by atoms with Gasteiger partial charge in [-0.25, -0.2) is 0 Å². The predicted octanol–water partition coefficient (Wildman–Crippen LogP) is 3.88. The molecular weight excluding hydrogens is 394 g/mol. The van der Waals surface area contributed by atoms with Gasteiger partial charge in [0.2, 0.25) is 17.5 Å². The fourth-order valence-electron chi connectivity index (χ4n) is 2.55. The van der Waals surface area contributed by atoms with E-state index >= 15 is 0 Å². The highest BCUT2D eigenvalue weighted by atomic mass is 32.2. The minimum atomic E-state index is -0.427. The summed E-state index contributed by atoms with van der Waals surface area (Å²) in [7, 11) is 4.59. The summed E-state index contributed by atoms with van der Waals surface area (Å²) in [6, 6.07) is 12.7. The molecule has 1 amide bonds. The number of para-hydroxylation sites is 1. The van der Waals surface area contributed by atoms with E-state index in [1.807, 2.05) is 30.3 Å². The molecule has 0 bridgehead atoms. The first kappa shape index (κ1) is 20.5. The molecule has 152 valence electrons. The van der Waals surface area contributed by atoms with Gasteiger partial charge in [-0.05, 0) is 31.2 Å². The summed E-state index contributed by atoms with van der Waals surface area (Å²) in [5, 5.41) is 10.8. The summed E-state index contributed by atoms with van der Waals surface area (Å²) in [6.45, 7) is 1.77. The van der Waals surface area contributed by atoms with Gasteiger partial charge in [0, 0.05) is 11.3 Å². The van der Waals surface area contributed by atoms with E-state index in [1.165, 1.54) is 33.1 Å². The van der Waals surface area contributed by atoms with Gasteiger partial charge < -0.3 is 23.9 Å². The third kappa shape index (κ3) is 4.80. The highest BCUT2D eigenvalue weighted by molar-refractivity contribution is 8.00. The number of methoxy groups -OCH3 is 3. The van der Waals surface area contributed by atoms with Crippen LogP contribution < -0.4 is 19.5 Å². The van der Waals surface area contributed by atoms with E-state index in [-0.39, 0.29) is 17.0 Å². The lowest BCUT2D eigenvalue weighted by molar-refractivity contribution is -0.115. The van der Waals surface area contributed by atoms with Crippen LogP contribution in [0, 0.1) is 0 Å². The number of nitrogens with one attached hydrogen (secondary N) is 1. The number of aromatic nitrogens is 2. The molecule has 3 rings (SSSR count). The maximum atomic E-state index is 12.4. The van der Waals surface area contributed by atoms with E-state index in [0.29, 0.717) is 22.8 Å². The van der Waals surface area contributed by atoms with Crippen LogP contribution in [0.4, 0.5) is 5.69 Å². The number of hydrogen-bond acceptors (Lipinski definition) is 8. The van der Waals surface area contributed by atoms with Crippen LogP contribution in [0.25, 0.3) is 11.5 Å². The Hall–Kier alpha value is -3.20. The van der Waals surface area contributed by atoms with E-state index in [1.54, 1.807) is 19.1 Å². The molecule has 9 heteroatoms. The van der Waals surface area contributed by atoms with Crippen LogP contribution in [0.2, 0.25) is 0 Å². The molecule has 0 saturated heterocycles. The highest BCUT2D eigenvalue weighted by Crippen LogP contribution is 2.41. The molecular formula is C20H21N3O5S. The smallest absolute Gasteiger partial charge is 0.277 e. The number of rotatable bonds is 8. The lowest BCUT2D eigenvalue weighted by Gasteiger charge is -2.12. The SMILES string of the molecule is COc1cc(-c2nnc(S[C@@H](C)C(=O)Nc3ccccc3)o2)cc(OC)c1OC. The Kier molecular flexibility index (Phi) is 6.61. The first-order valence-corrected chi connectivity index (χ1v) is 9.60. The van der Waals surface area contributed by atoms with E-state index < -0.39 is 5.25 Å². The van der Waals surface area contributed by atoms with E-state index in [2.05, 4.69) is 15.5 Å². The van der Waals surface area contributed by atoms with E-state index in [4.69, 9.17) is 18.6 Å². The Bertz CT molecular complexity index is 952. The van der Waals surface area contributed by atoms with Crippen molar-refractivity contribution in [3.05, 3.63) is 42.5 Å². The molecule has 2 aromatic carbocycles. The maximum absolute atomic E-state index is 12.4. The number of nitrogens with zero attached hydrogens (tertiary/aromatic N) is 2. The van der Waals surface area contributed by atoms with Crippen LogP contribution in [-0.2, 0) is 4.79 Å². The zero-order valence-electron chi connectivity index (χ0n) is 16.5. The van der Waals surface area contributed by atoms with Crippen LogP contribution >= 0.6 is 11.8 Å². The van der Waals surface area contributed by atoms with Gasteiger partial charge in [0.15, 0.2) is 11.5 Å². The number of benzene rings is 2. The minimum Gasteiger partial charge on any atom is -0.493 e. The molecule has 0 fully saturated rings. The molecule has 29 heavy (non-hydrogen) atoms. The van der Waals surface area contributed by atoms with Crippen molar-refractivity contribution < 1.29 is 23.4 Å². The van der Waals surface area contributed by atoms with Gasteiger partial charge in [0.05, 0.1) is 26.6 Å². The van der Waals surface area contributed by atoms with Crippen molar-refractivity contribution in [1.82, 2.24) is 10.2 Å². The zero-order chi connectivity index (χ0) is 20.8. The van der Waals surface area contributed by atoms with Crippen molar-refractivity contribution in [3.63, 3.8) is 0 Å². The van der Waals surface area contributed by atoms with Crippen molar-refractivity contribution in [2.24, 2.45) is 0 Å². The van der Waals surface area contributed by atoms with Crippen LogP contribution in [0.3, 0.4) is 0 Å². The number of carbonyl (C=O) groups is 1. The second kappa shape index (κ2) is 9.33. The Labute approximate surface area is 172 Å². The van der Waals surface area contributed by atoms with Gasteiger partial charge in [-0.3, -0.25) is 4.79 Å². The summed E-state index contributed by atoms with van der Waals surface area (Å²) < 4.78 is 21.7. The first-order valence-electron chi connectivity index (χ1n) is 8.72. The molecule has 0 aliphatic rings. The third-order valence-electron chi connectivity index (χ3n) is 4.01. The van der Waals surface area contributed by atoms with Gasteiger partial charge in [-0.2, -0.15) is 0 Å². The second-order valence-electron chi connectivity index (χ2n) is 5.90. The lowest BCUT2D eigenvalue weighted by Crippen LogP contribution is -2.22. The summed E-state index contributed by atoms with van der Waals surface area (Å²) in [6.07, 6.45) is 0. The van der Waals surface area contributed by atoms with Crippen LogP contribution in [0.15, 0.2) is 52.1 Å². The van der Waals surface area contributed by atoms with Crippen molar-refractivity contribution >= 4 is 23.4 Å². The summed E-state index contributed by atoms with van der Waals surface area (Å²) in [5.41, 5.74) is 1.34. The molecule has 1 atom stereocenters. The van der Waals surface area contributed by atoms with Crippen molar-refractivity contribution in [3.8, 4) is 28.7 Å². The monoisotopic (exact) mass is 415 g/mol. The molecule has 0 unspecified atom stereocenters. The Morgan fingerprint density at radius 2 is 1.69 bits per heavy atom. The topological polar surface area (TPSA) is 95.7 Å². The highest BCUT2D eigenvalue weighted by Gasteiger charge is 2.21. The number of carbonyl (C=O) groups excluding carboxylic acids is 1. The fraction of sp³-hybridized carbons (Fsp3) is 0.250. The molecule has 0 radical (unpaired) electrons. The normalized spacial score (nSPS) is 11.6. The molecule has 1 aromatic heterocycles. The van der Waals surface area contributed by atoms with Gasteiger partial charge in [-0.15, -0.1) is 10.2 Å². The predicted molar refractivity (Wildman–Crippen MR) is 110 cm³/mol. The van der Waals surface area contributed by atoms with E-state index in [0.717, 1.165) is 5.69 Å². The molecule has 0 spiro atoms. The molecule has 8 nitrogen and oxygen atoms in total. The molecule has 0 aliphatic carbocycles. The number of hydrogen-bond donors (Lipinski definition) is 1. The number of thioether (sulfide) groups is 1. The average molecular weight is 415 g/mol. The summed E-state index contributed by atoms with van der Waals surface area (Å²) in [5.74, 6) is 1.55. The van der Waals surface area contributed by atoms with E-state index in [9.17, 15) is 4.79 Å². The van der Waals surface area contributed by atoms with Crippen molar-refractivity contribution in [1.29, 1.82) is 0 Å². The van der Waals surface area contributed by atoms with Crippen molar-refractivity contribution in [2.75, 3.05) is 26.6 Å². The zero-order valence-corrected chi connectivity index (χ0v) is 17.3. The van der Waals surface area contributed by atoms with Gasteiger partial charge in [0.1, 0.15) is 0 Å². The number of ether oxygens (including phenoxy) is 3. The molecule has 1 heterocycles. The maximum Gasteiger partial charge on any atom is 0.277 e.